The molecule has 0 N–H and O–H groups in total. The fraction of sp³-hybridized carbons (Fsp3) is 0.125. The Labute approximate surface area is 84.2 Å². The third-order valence-corrected chi connectivity index (χ3v) is 3.14. The van der Waals surface area contributed by atoms with Gasteiger partial charge in [0, 0.05) is 0 Å². The topological polar surface area (TPSA) is 46.5 Å². The van der Waals surface area contributed by atoms with Gasteiger partial charge in [0.05, 0.1) is 10.6 Å². The lowest BCUT2D eigenvalue weighted by Crippen LogP contribution is -2.23. The van der Waals surface area contributed by atoms with Crippen LogP contribution in [0.3, 0.4) is 0 Å². The number of halogens is 3. The van der Waals surface area contributed by atoms with Gasteiger partial charge in [-0.05, 0) is 31.0 Å². The van der Waals surface area contributed by atoms with Crippen molar-refractivity contribution in [2.24, 2.45) is 4.99 Å². The second kappa shape index (κ2) is 3.65. The number of alkyl halides is 3. The minimum Gasteiger partial charge on any atom is -0.265 e. The summed E-state index contributed by atoms with van der Waals surface area (Å²) in [5.74, 6) is 0. The van der Waals surface area contributed by atoms with E-state index in [4.69, 9.17) is 0 Å². The van der Waals surface area contributed by atoms with Gasteiger partial charge < -0.3 is 0 Å². The van der Waals surface area contributed by atoms with Crippen LogP contribution < -0.4 is 0 Å². The van der Waals surface area contributed by atoms with Crippen LogP contribution in [0.2, 0.25) is 0 Å². The van der Waals surface area contributed by atoms with E-state index in [1.165, 1.54) is 0 Å². The molecule has 15 heavy (non-hydrogen) atoms. The number of hydrogen-bond acceptors (Lipinski definition) is 3. The minimum absolute atomic E-state index is 0.302. The SMILES string of the molecule is C=Nc1ccc(S(=O)(=O)C(F)(F)F)cc1. The lowest BCUT2D eigenvalue weighted by Gasteiger charge is -2.07. The van der Waals surface area contributed by atoms with E-state index < -0.39 is 20.2 Å². The van der Waals surface area contributed by atoms with Crippen LogP contribution in [0.5, 0.6) is 0 Å². The van der Waals surface area contributed by atoms with Crippen LogP contribution in [0.1, 0.15) is 0 Å². The fourth-order valence-electron chi connectivity index (χ4n) is 0.864. The number of benzene rings is 1. The van der Waals surface area contributed by atoms with Crippen LogP contribution in [-0.2, 0) is 9.84 Å². The monoisotopic (exact) mass is 237 g/mol. The van der Waals surface area contributed by atoms with Gasteiger partial charge in [0.25, 0.3) is 9.84 Å². The van der Waals surface area contributed by atoms with E-state index in [1.54, 1.807) is 0 Å². The van der Waals surface area contributed by atoms with Crippen LogP contribution in [0.25, 0.3) is 0 Å². The third kappa shape index (κ3) is 2.17. The smallest absolute Gasteiger partial charge is 0.265 e. The molecule has 0 radical (unpaired) electrons. The van der Waals surface area contributed by atoms with Crippen LogP contribution >= 0.6 is 0 Å². The van der Waals surface area contributed by atoms with E-state index >= 15 is 0 Å². The summed E-state index contributed by atoms with van der Waals surface area (Å²) in [7, 11) is -5.26. The first-order valence-corrected chi connectivity index (χ1v) is 5.15. The van der Waals surface area contributed by atoms with Crippen molar-refractivity contribution in [3.8, 4) is 0 Å². The third-order valence-electron chi connectivity index (χ3n) is 1.63. The first kappa shape index (κ1) is 11.7. The summed E-state index contributed by atoms with van der Waals surface area (Å²) in [5, 5.41) is 0. The molecule has 0 unspecified atom stereocenters. The molecular weight excluding hydrogens is 231 g/mol. The maximum absolute atomic E-state index is 12.1. The summed E-state index contributed by atoms with van der Waals surface area (Å²) in [5.41, 5.74) is -4.98. The number of rotatable bonds is 2. The Hall–Kier alpha value is -1.37. The average molecular weight is 237 g/mol. The van der Waals surface area contributed by atoms with Crippen molar-refractivity contribution in [1.82, 2.24) is 0 Å². The van der Waals surface area contributed by atoms with Gasteiger partial charge in [0.2, 0.25) is 0 Å². The van der Waals surface area contributed by atoms with Crippen molar-refractivity contribution in [1.29, 1.82) is 0 Å². The van der Waals surface area contributed by atoms with Gasteiger partial charge in [0.15, 0.2) is 0 Å². The summed E-state index contributed by atoms with van der Waals surface area (Å²) in [6, 6.07) is 3.97. The molecular formula is C8H6F3NO2S. The molecule has 0 saturated carbocycles. The fourth-order valence-corrected chi connectivity index (χ4v) is 1.63. The molecule has 0 atom stereocenters. The Morgan fingerprint density at radius 3 is 1.93 bits per heavy atom. The lowest BCUT2D eigenvalue weighted by atomic mass is 10.3. The predicted octanol–water partition coefficient (Wildman–Crippen LogP) is 2.31. The highest BCUT2D eigenvalue weighted by Gasteiger charge is 2.46. The minimum atomic E-state index is -5.28. The second-order valence-corrected chi connectivity index (χ2v) is 4.54. The Balaban J connectivity index is 3.24. The van der Waals surface area contributed by atoms with Gasteiger partial charge in [-0.2, -0.15) is 13.2 Å². The maximum atomic E-state index is 12.1. The molecule has 0 aliphatic carbocycles. The van der Waals surface area contributed by atoms with Gasteiger partial charge in [-0.3, -0.25) is 4.99 Å². The Morgan fingerprint density at radius 1 is 1.13 bits per heavy atom. The zero-order valence-electron chi connectivity index (χ0n) is 7.32. The summed E-state index contributed by atoms with van der Waals surface area (Å²) in [4.78, 5) is 2.63. The van der Waals surface area contributed by atoms with E-state index in [1.807, 2.05) is 0 Å². The van der Waals surface area contributed by atoms with Gasteiger partial charge in [-0.25, -0.2) is 8.42 Å². The van der Waals surface area contributed by atoms with Crippen molar-refractivity contribution in [3.05, 3.63) is 24.3 Å². The first-order chi connectivity index (χ1) is 6.79. The maximum Gasteiger partial charge on any atom is 0.501 e. The van der Waals surface area contributed by atoms with Crippen LogP contribution in [-0.4, -0.2) is 20.6 Å². The van der Waals surface area contributed by atoms with Crippen molar-refractivity contribution < 1.29 is 21.6 Å². The predicted molar refractivity (Wildman–Crippen MR) is 48.9 cm³/mol. The summed E-state index contributed by atoms with van der Waals surface area (Å²) in [6.07, 6.45) is 0. The lowest BCUT2D eigenvalue weighted by molar-refractivity contribution is -0.0436. The van der Waals surface area contributed by atoms with Gasteiger partial charge >= 0.3 is 5.51 Å². The quantitative estimate of drug-likeness (QED) is 0.741. The normalized spacial score (nSPS) is 12.5. The summed E-state index contributed by atoms with van der Waals surface area (Å²) >= 11 is 0. The molecule has 0 fully saturated rings. The van der Waals surface area contributed by atoms with Crippen molar-refractivity contribution in [3.63, 3.8) is 0 Å². The van der Waals surface area contributed by atoms with Crippen molar-refractivity contribution >= 4 is 22.2 Å². The molecule has 0 spiro atoms. The Kier molecular flexibility index (Phi) is 2.85. The highest BCUT2D eigenvalue weighted by atomic mass is 32.2. The summed E-state index contributed by atoms with van der Waals surface area (Å²) < 4.78 is 58.0. The zero-order valence-corrected chi connectivity index (χ0v) is 8.14. The van der Waals surface area contributed by atoms with Gasteiger partial charge in [-0.1, -0.05) is 0 Å². The largest absolute Gasteiger partial charge is 0.501 e. The van der Waals surface area contributed by atoms with Crippen LogP contribution in [0.4, 0.5) is 18.9 Å². The number of nitrogens with zero attached hydrogens (tertiary/aromatic N) is 1. The standard InChI is InChI=1S/C8H6F3NO2S/c1-12-6-2-4-7(5-3-6)15(13,14)8(9,10)11/h2-5H,1H2. The molecule has 0 amide bonds. The van der Waals surface area contributed by atoms with Crippen LogP contribution in [0, 0.1) is 0 Å². The molecule has 1 aromatic carbocycles. The molecule has 0 bridgehead atoms. The molecule has 7 heteroatoms. The number of hydrogen-bond donors (Lipinski definition) is 0. The van der Waals surface area contributed by atoms with E-state index in [-0.39, 0.29) is 0 Å². The summed E-state index contributed by atoms with van der Waals surface area (Å²) in [6.45, 7) is 3.15. The number of sulfone groups is 1. The molecule has 3 nitrogen and oxygen atoms in total. The molecule has 0 aliphatic rings. The molecule has 0 heterocycles. The Bertz CT molecular complexity index is 462. The Morgan fingerprint density at radius 2 is 1.60 bits per heavy atom. The van der Waals surface area contributed by atoms with E-state index in [9.17, 15) is 21.6 Å². The number of aliphatic imine (C=N–C) groups is 1. The highest BCUT2D eigenvalue weighted by Crippen LogP contribution is 2.30. The first-order valence-electron chi connectivity index (χ1n) is 3.67. The molecule has 0 aromatic heterocycles. The molecule has 1 aromatic rings. The zero-order chi connectivity index (χ0) is 11.7. The van der Waals surface area contributed by atoms with Crippen molar-refractivity contribution in [2.75, 3.05) is 0 Å². The van der Waals surface area contributed by atoms with Crippen molar-refractivity contribution in [2.45, 2.75) is 10.4 Å². The second-order valence-electron chi connectivity index (χ2n) is 2.60. The van der Waals surface area contributed by atoms with E-state index in [2.05, 4.69) is 11.7 Å². The highest BCUT2D eigenvalue weighted by molar-refractivity contribution is 7.92. The average Bonchev–Trinajstić information content (AvgIpc) is 2.16. The van der Waals surface area contributed by atoms with Gasteiger partial charge in [0.1, 0.15) is 0 Å². The van der Waals surface area contributed by atoms with E-state index in [0.29, 0.717) is 5.69 Å². The molecule has 0 aliphatic heterocycles. The molecule has 0 saturated heterocycles. The molecule has 1 rings (SSSR count). The van der Waals surface area contributed by atoms with E-state index in [0.717, 1.165) is 24.3 Å². The van der Waals surface area contributed by atoms with Gasteiger partial charge in [-0.15, -0.1) is 0 Å². The molecule has 82 valence electrons. The van der Waals surface area contributed by atoms with Crippen LogP contribution in [0.15, 0.2) is 34.2 Å².